The lowest BCUT2D eigenvalue weighted by molar-refractivity contribution is -0.142. The molecule has 0 aromatic heterocycles. The molecule has 2 rings (SSSR count). The van der Waals surface area contributed by atoms with Gasteiger partial charge in [-0.25, -0.2) is 0 Å². The molecule has 34 heavy (non-hydrogen) atoms. The smallest absolute Gasteiger partial charge is 0.310 e. The van der Waals surface area contributed by atoms with Gasteiger partial charge in [0.2, 0.25) is 0 Å². The number of anilines is 1. The molecule has 0 saturated carbocycles. The zero-order valence-corrected chi connectivity index (χ0v) is 23.5. The molecular weight excluding hydrogens is 464 g/mol. The average Bonchev–Trinajstić information content (AvgIpc) is 2.74. The first kappa shape index (κ1) is 28.4. The summed E-state index contributed by atoms with van der Waals surface area (Å²) in [6.07, 6.45) is 0.207. The average molecular weight is 505 g/mol. The molecule has 2 N–H and O–H groups in total. The maximum atomic E-state index is 11.8. The van der Waals surface area contributed by atoms with E-state index in [1.54, 1.807) is 0 Å². The number of ether oxygens (including phenoxy) is 1. The summed E-state index contributed by atoms with van der Waals surface area (Å²) >= 11 is 6.29. The number of nitrogens with one attached hydrogen (secondary N) is 2. The highest BCUT2D eigenvalue weighted by Crippen LogP contribution is 2.39. The van der Waals surface area contributed by atoms with Gasteiger partial charge in [-0.2, -0.15) is 0 Å². The fourth-order valence-corrected chi connectivity index (χ4v) is 4.77. The fourth-order valence-electron chi connectivity index (χ4n) is 3.29. The molecule has 0 amide bonds. The first-order valence-electron chi connectivity index (χ1n) is 12.1. The second kappa shape index (κ2) is 12.7. The van der Waals surface area contributed by atoms with Crippen molar-refractivity contribution in [3.8, 4) is 0 Å². The van der Waals surface area contributed by atoms with Crippen molar-refractivity contribution in [2.75, 3.05) is 25.0 Å². The van der Waals surface area contributed by atoms with E-state index in [-0.39, 0.29) is 29.6 Å². The van der Waals surface area contributed by atoms with Crippen LogP contribution < -0.4 is 10.6 Å². The van der Waals surface area contributed by atoms with Crippen molar-refractivity contribution < 1.29 is 14.0 Å². The van der Waals surface area contributed by atoms with Gasteiger partial charge in [0.05, 0.1) is 19.1 Å². The van der Waals surface area contributed by atoms with Gasteiger partial charge in [0.1, 0.15) is 0 Å². The molecule has 2 aromatic carbocycles. The Kier molecular flexibility index (Phi) is 10.6. The van der Waals surface area contributed by atoms with Crippen LogP contribution in [0.5, 0.6) is 0 Å². The van der Waals surface area contributed by atoms with E-state index in [9.17, 15) is 4.79 Å². The zero-order chi connectivity index (χ0) is 25.4. The Bertz CT molecular complexity index is 930. The van der Waals surface area contributed by atoms with Crippen molar-refractivity contribution in [1.82, 2.24) is 5.32 Å². The summed E-state index contributed by atoms with van der Waals surface area (Å²) in [4.78, 5) is 11.8. The van der Waals surface area contributed by atoms with Gasteiger partial charge in [-0.15, -0.1) is 0 Å². The van der Waals surface area contributed by atoms with Gasteiger partial charge < -0.3 is 19.8 Å². The van der Waals surface area contributed by atoms with Crippen LogP contribution in [0.4, 0.5) is 5.69 Å². The predicted octanol–water partition coefficient (Wildman–Crippen LogP) is 6.60. The van der Waals surface area contributed by atoms with Crippen LogP contribution in [-0.2, 0) is 20.4 Å². The van der Waals surface area contributed by atoms with Gasteiger partial charge in [0.15, 0.2) is 8.32 Å². The van der Waals surface area contributed by atoms with E-state index in [4.69, 9.17) is 20.8 Å². The Balaban J connectivity index is 1.99. The fraction of sp³-hybridized carbons (Fsp3) is 0.519. The quantitative estimate of drug-likeness (QED) is 0.252. The molecule has 0 aliphatic heterocycles. The van der Waals surface area contributed by atoms with Crippen LogP contribution in [0.3, 0.4) is 0 Å². The van der Waals surface area contributed by atoms with Crippen molar-refractivity contribution in [1.29, 1.82) is 0 Å². The van der Waals surface area contributed by atoms with Crippen molar-refractivity contribution in [2.24, 2.45) is 0 Å². The molecule has 0 saturated heterocycles. The number of carbonyl (C=O) groups is 1. The lowest BCUT2D eigenvalue weighted by Crippen LogP contribution is -2.44. The minimum Gasteiger partial charge on any atom is -0.466 e. The summed E-state index contributed by atoms with van der Waals surface area (Å²) in [7, 11) is -1.97. The van der Waals surface area contributed by atoms with Crippen LogP contribution in [0.2, 0.25) is 23.2 Å². The number of esters is 1. The molecule has 0 aliphatic carbocycles. The minimum absolute atomic E-state index is 0.0741. The van der Waals surface area contributed by atoms with E-state index >= 15 is 0 Å². The second-order valence-electron chi connectivity index (χ2n) is 10.3. The summed E-state index contributed by atoms with van der Waals surface area (Å²) < 4.78 is 11.8. The van der Waals surface area contributed by atoms with Gasteiger partial charge in [0, 0.05) is 29.8 Å². The van der Waals surface area contributed by atoms with Crippen LogP contribution in [-0.4, -0.2) is 40.0 Å². The summed E-state index contributed by atoms with van der Waals surface area (Å²) in [6.45, 7) is 17.1. The Morgan fingerprint density at radius 3 is 2.44 bits per heavy atom. The number of rotatable bonds is 12. The van der Waals surface area contributed by atoms with E-state index in [1.165, 1.54) is 0 Å². The summed E-state index contributed by atoms with van der Waals surface area (Å²) in [5.41, 5.74) is 3.02. The molecule has 0 fully saturated rings. The highest BCUT2D eigenvalue weighted by molar-refractivity contribution is 6.74. The topological polar surface area (TPSA) is 59.6 Å². The second-order valence-corrected chi connectivity index (χ2v) is 15.5. The van der Waals surface area contributed by atoms with Crippen LogP contribution in [0, 0.1) is 0 Å². The third-order valence-corrected chi connectivity index (χ3v) is 11.0. The molecule has 0 spiro atoms. The van der Waals surface area contributed by atoms with Gasteiger partial charge in [0.25, 0.3) is 0 Å². The molecule has 2 atom stereocenters. The molecule has 188 valence electrons. The molecule has 7 heteroatoms. The summed E-state index contributed by atoms with van der Waals surface area (Å²) in [5.74, 6) is -0.205. The molecule has 0 aliphatic rings. The van der Waals surface area contributed by atoms with Gasteiger partial charge in [-0.3, -0.25) is 4.79 Å². The SMILES string of the molecule is CCOC(=O)Cc1cccc(NC[C@@H](C)NC[C@H](O[Si](C)(C)C(C)(C)C)c2cccc(Cl)c2)c1. The Hall–Kier alpha value is -1.86. The molecular formula is C27H41ClN2O3Si. The van der Waals surface area contributed by atoms with E-state index in [1.807, 2.05) is 49.4 Å². The molecule has 0 heterocycles. The molecule has 0 unspecified atom stereocenters. The lowest BCUT2D eigenvalue weighted by atomic mass is 10.1. The maximum Gasteiger partial charge on any atom is 0.310 e. The third-order valence-electron chi connectivity index (χ3n) is 6.31. The Morgan fingerprint density at radius 1 is 1.09 bits per heavy atom. The standard InChI is InChI=1S/C27H41ClN2O3Si/c1-8-32-26(31)16-21-11-9-14-24(15-21)30-18-20(2)29-19-25(22-12-10-13-23(28)17-22)33-34(6,7)27(3,4)5/h9-15,17,20,25,29-30H,8,16,18-19H2,1-7H3/t20-,25+/m1/s1. The van der Waals surface area contributed by atoms with Crippen LogP contribution >= 0.6 is 11.6 Å². The monoisotopic (exact) mass is 504 g/mol. The van der Waals surface area contributed by atoms with Crippen LogP contribution in [0.25, 0.3) is 0 Å². The molecule has 5 nitrogen and oxygen atoms in total. The van der Waals surface area contributed by atoms with Crippen LogP contribution in [0.1, 0.15) is 51.8 Å². The highest BCUT2D eigenvalue weighted by Gasteiger charge is 2.39. The Morgan fingerprint density at radius 2 is 1.79 bits per heavy atom. The van der Waals surface area contributed by atoms with Crippen LogP contribution in [0.15, 0.2) is 48.5 Å². The zero-order valence-electron chi connectivity index (χ0n) is 21.7. The van der Waals surface area contributed by atoms with E-state index in [0.717, 1.165) is 28.4 Å². The minimum atomic E-state index is -1.97. The number of hydrogen-bond acceptors (Lipinski definition) is 5. The van der Waals surface area contributed by atoms with Crippen molar-refractivity contribution in [3.05, 3.63) is 64.7 Å². The summed E-state index contributed by atoms with van der Waals surface area (Å²) in [5, 5.41) is 7.93. The molecule has 2 aromatic rings. The number of halogens is 1. The largest absolute Gasteiger partial charge is 0.466 e. The number of hydrogen-bond donors (Lipinski definition) is 2. The normalized spacial score (nSPS) is 13.9. The Labute approximate surface area is 211 Å². The van der Waals surface area contributed by atoms with Gasteiger partial charge >= 0.3 is 5.97 Å². The third kappa shape index (κ3) is 9.06. The number of carbonyl (C=O) groups excluding carboxylic acids is 1. The number of benzene rings is 2. The van der Waals surface area contributed by atoms with Gasteiger partial charge in [-0.1, -0.05) is 56.6 Å². The highest BCUT2D eigenvalue weighted by atomic mass is 35.5. The molecule has 0 radical (unpaired) electrons. The van der Waals surface area contributed by atoms with Gasteiger partial charge in [-0.05, 0) is 67.4 Å². The molecule has 0 bridgehead atoms. The van der Waals surface area contributed by atoms with E-state index in [0.29, 0.717) is 13.2 Å². The van der Waals surface area contributed by atoms with E-state index < -0.39 is 8.32 Å². The predicted molar refractivity (Wildman–Crippen MR) is 145 cm³/mol. The van der Waals surface area contributed by atoms with Crippen molar-refractivity contribution >= 4 is 31.6 Å². The van der Waals surface area contributed by atoms with E-state index in [2.05, 4.69) is 57.5 Å². The first-order valence-corrected chi connectivity index (χ1v) is 15.3. The maximum absolute atomic E-state index is 11.8. The van der Waals surface area contributed by atoms with Crippen molar-refractivity contribution in [3.63, 3.8) is 0 Å². The lowest BCUT2D eigenvalue weighted by Gasteiger charge is -2.39. The first-order chi connectivity index (χ1) is 15.9. The summed E-state index contributed by atoms with van der Waals surface area (Å²) in [6, 6.07) is 16.1. The van der Waals surface area contributed by atoms with Crippen molar-refractivity contribution in [2.45, 2.75) is 71.3 Å².